The van der Waals surface area contributed by atoms with Gasteiger partial charge in [0.25, 0.3) is 5.91 Å². The summed E-state index contributed by atoms with van der Waals surface area (Å²) < 4.78 is 28.9. The molecule has 10 heteroatoms. The van der Waals surface area contributed by atoms with Gasteiger partial charge in [0.1, 0.15) is 11.8 Å². The lowest BCUT2D eigenvalue weighted by atomic mass is 10.0. The average molecular weight is 466 g/mol. The molecule has 2 aromatic rings. The molecule has 0 aliphatic rings. The van der Waals surface area contributed by atoms with E-state index in [1.165, 1.54) is 36.4 Å². The number of rotatable bonds is 7. The van der Waals surface area contributed by atoms with Gasteiger partial charge < -0.3 is 15.4 Å². The first-order valence-electron chi connectivity index (χ1n) is 8.39. The predicted octanol–water partition coefficient (Wildman–Crippen LogP) is 5.64. The van der Waals surface area contributed by atoms with Crippen molar-refractivity contribution in [3.05, 3.63) is 57.0 Å². The number of carbonyl (C=O) groups is 2. The van der Waals surface area contributed by atoms with Gasteiger partial charge in [0.2, 0.25) is 5.91 Å². The average Bonchev–Trinajstić information content (AvgIpc) is 2.61. The second kappa shape index (κ2) is 10.1. The molecule has 1 atom stereocenters. The number of benzene rings is 2. The highest BCUT2D eigenvalue weighted by Crippen LogP contribution is 2.29. The minimum absolute atomic E-state index is 0.0961. The van der Waals surface area contributed by atoms with Gasteiger partial charge in [-0.05, 0) is 42.3 Å². The first-order valence-corrected chi connectivity index (χ1v) is 9.53. The number of anilines is 1. The summed E-state index contributed by atoms with van der Waals surface area (Å²) in [7, 11) is 0. The summed E-state index contributed by atoms with van der Waals surface area (Å²) in [4.78, 5) is 25.2. The van der Waals surface area contributed by atoms with Gasteiger partial charge >= 0.3 is 6.61 Å². The summed E-state index contributed by atoms with van der Waals surface area (Å²) in [6.45, 7) is 0.481. The molecule has 0 saturated carbocycles. The molecule has 5 nitrogen and oxygen atoms in total. The van der Waals surface area contributed by atoms with Crippen LogP contribution in [0.4, 0.5) is 14.5 Å². The second-order valence-electron chi connectivity index (χ2n) is 6.33. The third-order valence-electron chi connectivity index (χ3n) is 3.83. The zero-order valence-electron chi connectivity index (χ0n) is 15.3. The quantitative estimate of drug-likeness (QED) is 0.556. The van der Waals surface area contributed by atoms with Crippen LogP contribution in [0.3, 0.4) is 0 Å². The lowest BCUT2D eigenvalue weighted by Crippen LogP contribution is -2.47. The zero-order valence-corrected chi connectivity index (χ0v) is 17.6. The van der Waals surface area contributed by atoms with Gasteiger partial charge in [-0.2, -0.15) is 8.78 Å². The van der Waals surface area contributed by atoms with E-state index in [2.05, 4.69) is 15.4 Å². The largest absolute Gasteiger partial charge is 0.433 e. The van der Waals surface area contributed by atoms with Crippen LogP contribution in [0.1, 0.15) is 24.2 Å². The van der Waals surface area contributed by atoms with Crippen molar-refractivity contribution in [3.8, 4) is 5.75 Å². The maximum Gasteiger partial charge on any atom is 0.387 e. The van der Waals surface area contributed by atoms with Crippen molar-refractivity contribution < 1.29 is 23.1 Å². The normalized spacial score (nSPS) is 12.0. The van der Waals surface area contributed by atoms with E-state index in [4.69, 9.17) is 34.8 Å². The monoisotopic (exact) mass is 464 g/mol. The van der Waals surface area contributed by atoms with E-state index < -0.39 is 24.5 Å². The Balaban J connectivity index is 2.13. The van der Waals surface area contributed by atoms with Crippen molar-refractivity contribution in [1.82, 2.24) is 5.32 Å². The SMILES string of the molecule is CC(C)C(NC(=O)c1ccc(Cl)cc1Cl)C(=O)Nc1ccc(OC(F)F)c(Cl)c1. The van der Waals surface area contributed by atoms with E-state index in [0.29, 0.717) is 5.02 Å². The molecular formula is C19H17Cl3F2N2O3. The fourth-order valence-electron chi connectivity index (χ4n) is 2.42. The Morgan fingerprint density at radius 3 is 2.24 bits per heavy atom. The molecule has 0 aromatic heterocycles. The van der Waals surface area contributed by atoms with Crippen molar-refractivity contribution in [2.75, 3.05) is 5.32 Å². The minimum Gasteiger partial charge on any atom is -0.433 e. The number of ether oxygens (including phenoxy) is 1. The molecule has 2 N–H and O–H groups in total. The molecule has 2 rings (SSSR count). The van der Waals surface area contributed by atoms with Crippen molar-refractivity contribution in [1.29, 1.82) is 0 Å². The third kappa shape index (κ3) is 6.45. The Hall–Kier alpha value is -2.09. The Kier molecular flexibility index (Phi) is 8.07. The van der Waals surface area contributed by atoms with Crippen LogP contribution in [-0.2, 0) is 4.79 Å². The van der Waals surface area contributed by atoms with Crippen LogP contribution in [0.15, 0.2) is 36.4 Å². The standard InChI is InChI=1S/C19H17Cl3F2N2O3/c1-9(2)16(26-17(27)12-5-3-10(20)7-13(12)21)18(28)25-11-4-6-15(14(22)8-11)29-19(23)24/h3-9,16,19H,1-2H3,(H,25,28)(H,26,27). The number of amides is 2. The molecule has 0 fully saturated rings. The number of alkyl halides is 2. The lowest BCUT2D eigenvalue weighted by molar-refractivity contribution is -0.118. The molecule has 0 aliphatic heterocycles. The van der Waals surface area contributed by atoms with Gasteiger partial charge in [0.15, 0.2) is 0 Å². The van der Waals surface area contributed by atoms with Crippen molar-refractivity contribution >= 4 is 52.3 Å². The smallest absolute Gasteiger partial charge is 0.387 e. The number of nitrogens with one attached hydrogen (secondary N) is 2. The summed E-state index contributed by atoms with van der Waals surface area (Å²) >= 11 is 17.8. The molecule has 29 heavy (non-hydrogen) atoms. The number of hydrogen-bond donors (Lipinski definition) is 2. The van der Waals surface area contributed by atoms with E-state index in [-0.39, 0.29) is 33.0 Å². The van der Waals surface area contributed by atoms with Gasteiger partial charge in [-0.3, -0.25) is 9.59 Å². The van der Waals surface area contributed by atoms with E-state index in [1.807, 2.05) is 0 Å². The van der Waals surface area contributed by atoms with E-state index in [1.54, 1.807) is 13.8 Å². The molecule has 0 spiro atoms. The molecule has 156 valence electrons. The Labute approximate surface area is 181 Å². The van der Waals surface area contributed by atoms with E-state index >= 15 is 0 Å². The summed E-state index contributed by atoms with van der Waals surface area (Å²) in [5.74, 6) is -1.54. The van der Waals surface area contributed by atoms with Crippen LogP contribution < -0.4 is 15.4 Å². The minimum atomic E-state index is -3.02. The van der Waals surface area contributed by atoms with Gasteiger partial charge in [0, 0.05) is 10.7 Å². The molecule has 0 radical (unpaired) electrons. The molecular weight excluding hydrogens is 449 g/mol. The maximum atomic E-state index is 12.7. The third-order valence-corrected chi connectivity index (χ3v) is 4.67. The van der Waals surface area contributed by atoms with E-state index in [0.717, 1.165) is 0 Å². The van der Waals surface area contributed by atoms with Gasteiger partial charge in [-0.15, -0.1) is 0 Å². The van der Waals surface area contributed by atoms with Crippen LogP contribution in [0.2, 0.25) is 15.1 Å². The summed E-state index contributed by atoms with van der Waals surface area (Å²) in [5.41, 5.74) is 0.428. The Morgan fingerprint density at radius 1 is 1.00 bits per heavy atom. The second-order valence-corrected chi connectivity index (χ2v) is 7.58. The zero-order chi connectivity index (χ0) is 21.7. The first kappa shape index (κ1) is 23.2. The fraction of sp³-hybridized carbons (Fsp3) is 0.263. The number of halogens is 5. The molecule has 2 amide bonds. The lowest BCUT2D eigenvalue weighted by Gasteiger charge is -2.22. The van der Waals surface area contributed by atoms with Gasteiger partial charge in [-0.1, -0.05) is 48.7 Å². The fourth-order valence-corrected chi connectivity index (χ4v) is 3.14. The molecule has 0 aliphatic carbocycles. The van der Waals surface area contributed by atoms with Crippen molar-refractivity contribution in [3.63, 3.8) is 0 Å². The molecule has 1 unspecified atom stereocenters. The molecule has 0 bridgehead atoms. The van der Waals surface area contributed by atoms with Crippen molar-refractivity contribution in [2.24, 2.45) is 5.92 Å². The van der Waals surface area contributed by atoms with Gasteiger partial charge in [-0.25, -0.2) is 0 Å². The Morgan fingerprint density at radius 2 is 1.69 bits per heavy atom. The molecule has 2 aromatic carbocycles. The van der Waals surface area contributed by atoms with Gasteiger partial charge in [0.05, 0.1) is 15.6 Å². The topological polar surface area (TPSA) is 67.4 Å². The Bertz CT molecular complexity index is 910. The van der Waals surface area contributed by atoms with Crippen LogP contribution in [0.25, 0.3) is 0 Å². The highest BCUT2D eigenvalue weighted by atomic mass is 35.5. The molecule has 0 heterocycles. The number of hydrogen-bond acceptors (Lipinski definition) is 3. The van der Waals surface area contributed by atoms with Crippen LogP contribution in [0.5, 0.6) is 5.75 Å². The highest BCUT2D eigenvalue weighted by molar-refractivity contribution is 6.36. The van der Waals surface area contributed by atoms with Crippen LogP contribution >= 0.6 is 34.8 Å². The molecule has 0 saturated heterocycles. The van der Waals surface area contributed by atoms with Crippen molar-refractivity contribution in [2.45, 2.75) is 26.5 Å². The summed E-state index contributed by atoms with van der Waals surface area (Å²) in [6.07, 6.45) is 0. The first-order chi connectivity index (χ1) is 13.6. The summed E-state index contributed by atoms with van der Waals surface area (Å²) in [6, 6.07) is 7.33. The number of carbonyl (C=O) groups excluding carboxylic acids is 2. The summed E-state index contributed by atoms with van der Waals surface area (Å²) in [5, 5.41) is 5.65. The van der Waals surface area contributed by atoms with E-state index in [9.17, 15) is 18.4 Å². The van der Waals surface area contributed by atoms with Crippen LogP contribution in [0, 0.1) is 5.92 Å². The predicted molar refractivity (Wildman–Crippen MR) is 109 cm³/mol. The maximum absolute atomic E-state index is 12.7. The highest BCUT2D eigenvalue weighted by Gasteiger charge is 2.26. The van der Waals surface area contributed by atoms with Crippen LogP contribution in [-0.4, -0.2) is 24.5 Å².